The van der Waals surface area contributed by atoms with Crippen molar-refractivity contribution >= 4 is 5.97 Å². The van der Waals surface area contributed by atoms with Crippen molar-refractivity contribution in [1.29, 1.82) is 0 Å². The van der Waals surface area contributed by atoms with Gasteiger partial charge in [0.25, 0.3) is 0 Å². The van der Waals surface area contributed by atoms with E-state index in [-0.39, 0.29) is 11.7 Å². The number of nitrogens with zero attached hydrogens (tertiary/aromatic N) is 2. The van der Waals surface area contributed by atoms with Crippen LogP contribution in [0.5, 0.6) is 0 Å². The van der Waals surface area contributed by atoms with Gasteiger partial charge in [-0.25, -0.2) is 4.79 Å². The van der Waals surface area contributed by atoms with Crippen LogP contribution in [0.2, 0.25) is 0 Å². The van der Waals surface area contributed by atoms with Gasteiger partial charge in [0, 0.05) is 0 Å². The molecule has 0 aromatic carbocycles. The normalized spacial score (nSPS) is 24.1. The van der Waals surface area contributed by atoms with Crippen LogP contribution in [-0.2, 0) is 4.79 Å². The highest BCUT2D eigenvalue weighted by atomic mass is 16.4. The first-order valence-corrected chi connectivity index (χ1v) is 2.56. The van der Waals surface area contributed by atoms with Crippen molar-refractivity contribution in [2.24, 2.45) is 10.2 Å². The molecule has 9 heavy (non-hydrogen) atoms. The van der Waals surface area contributed by atoms with E-state index in [9.17, 15) is 4.79 Å². The molecule has 0 radical (unpaired) electrons. The summed E-state index contributed by atoms with van der Waals surface area (Å²) in [5, 5.41) is 15.3. The second-order valence-corrected chi connectivity index (χ2v) is 1.81. The molecule has 48 valence electrons. The first-order valence-electron chi connectivity index (χ1n) is 2.56. The lowest BCUT2D eigenvalue weighted by Crippen LogP contribution is -1.95. The average molecular weight is 126 g/mol. The van der Waals surface area contributed by atoms with Crippen LogP contribution in [0.15, 0.2) is 22.0 Å². The summed E-state index contributed by atoms with van der Waals surface area (Å²) in [5.74, 6) is -1.01. The van der Waals surface area contributed by atoms with Crippen LogP contribution in [0.3, 0.4) is 0 Å². The summed E-state index contributed by atoms with van der Waals surface area (Å²) in [5.41, 5.74) is 0.0440. The van der Waals surface area contributed by atoms with Crippen LogP contribution in [-0.4, -0.2) is 17.1 Å². The maximum atomic E-state index is 10.1. The Bertz CT molecular complexity index is 195. The molecule has 0 fully saturated rings. The Morgan fingerprint density at radius 3 is 2.78 bits per heavy atom. The predicted octanol–water partition coefficient (Wildman–Crippen LogP) is 0.809. The van der Waals surface area contributed by atoms with Crippen molar-refractivity contribution in [3.05, 3.63) is 11.8 Å². The molecule has 0 saturated carbocycles. The number of hydrogen-bond donors (Lipinski definition) is 1. The molecule has 0 bridgehead atoms. The smallest absolute Gasteiger partial charge is 0.356 e. The topological polar surface area (TPSA) is 62.0 Å². The number of azo groups is 1. The minimum Gasteiger partial charge on any atom is -0.476 e. The Hall–Kier alpha value is -1.19. The standard InChI is InChI=1S/C5H6N2O2/c1-3-2-4(5(8)9)7-6-3/h2-3H,1H3,(H,8,9). The Labute approximate surface area is 51.9 Å². The van der Waals surface area contributed by atoms with Gasteiger partial charge in [-0.15, -0.1) is 5.11 Å². The molecule has 0 saturated heterocycles. The minimum atomic E-state index is -1.01. The highest BCUT2D eigenvalue weighted by molar-refractivity contribution is 5.86. The second-order valence-electron chi connectivity index (χ2n) is 1.81. The first kappa shape index (κ1) is 5.94. The molecule has 1 aliphatic heterocycles. The summed E-state index contributed by atoms with van der Waals surface area (Å²) in [4.78, 5) is 10.1. The fourth-order valence-electron chi connectivity index (χ4n) is 0.562. The number of rotatable bonds is 1. The fourth-order valence-corrected chi connectivity index (χ4v) is 0.562. The van der Waals surface area contributed by atoms with E-state index in [1.807, 2.05) is 0 Å². The highest BCUT2D eigenvalue weighted by Gasteiger charge is 2.12. The number of hydrogen-bond acceptors (Lipinski definition) is 3. The Kier molecular flexibility index (Phi) is 1.30. The third-order valence-electron chi connectivity index (χ3n) is 0.966. The molecule has 0 aromatic rings. The summed E-state index contributed by atoms with van der Waals surface area (Å²) in [6, 6.07) is -0.0731. The van der Waals surface area contributed by atoms with E-state index in [1.165, 1.54) is 6.08 Å². The molecule has 1 rings (SSSR count). The van der Waals surface area contributed by atoms with E-state index in [1.54, 1.807) is 6.92 Å². The quantitative estimate of drug-likeness (QED) is 0.565. The third-order valence-corrected chi connectivity index (χ3v) is 0.966. The molecule has 0 spiro atoms. The van der Waals surface area contributed by atoms with Gasteiger partial charge >= 0.3 is 5.97 Å². The van der Waals surface area contributed by atoms with Gasteiger partial charge in [-0.2, -0.15) is 5.11 Å². The van der Waals surface area contributed by atoms with Crippen molar-refractivity contribution < 1.29 is 9.90 Å². The van der Waals surface area contributed by atoms with Gasteiger partial charge in [0.2, 0.25) is 0 Å². The summed E-state index contributed by atoms with van der Waals surface area (Å²) in [6.07, 6.45) is 1.50. The van der Waals surface area contributed by atoms with Crippen molar-refractivity contribution in [3.8, 4) is 0 Å². The van der Waals surface area contributed by atoms with E-state index in [0.29, 0.717) is 0 Å². The molecular weight excluding hydrogens is 120 g/mol. The van der Waals surface area contributed by atoms with Crippen LogP contribution < -0.4 is 0 Å². The number of aliphatic carboxylic acids is 1. The molecule has 0 aliphatic carbocycles. The molecule has 1 N–H and O–H groups in total. The average Bonchev–Trinajstić information content (AvgIpc) is 2.14. The lowest BCUT2D eigenvalue weighted by molar-refractivity contribution is -0.132. The van der Waals surface area contributed by atoms with Crippen LogP contribution >= 0.6 is 0 Å². The second kappa shape index (κ2) is 1.97. The van der Waals surface area contributed by atoms with Crippen molar-refractivity contribution in [2.45, 2.75) is 13.0 Å². The van der Waals surface area contributed by atoms with Gasteiger partial charge in [0.15, 0.2) is 5.70 Å². The van der Waals surface area contributed by atoms with Gasteiger partial charge in [-0.1, -0.05) is 0 Å². The zero-order chi connectivity index (χ0) is 6.85. The monoisotopic (exact) mass is 126 g/mol. The molecule has 1 heterocycles. The van der Waals surface area contributed by atoms with Gasteiger partial charge in [0.1, 0.15) is 0 Å². The SMILES string of the molecule is CC1C=C(C(=O)O)N=N1. The third kappa shape index (κ3) is 1.13. The summed E-state index contributed by atoms with van der Waals surface area (Å²) >= 11 is 0. The minimum absolute atomic E-state index is 0.0440. The van der Waals surface area contributed by atoms with Crippen molar-refractivity contribution in [1.82, 2.24) is 0 Å². The van der Waals surface area contributed by atoms with Crippen LogP contribution in [0.1, 0.15) is 6.92 Å². The Morgan fingerprint density at radius 2 is 2.56 bits per heavy atom. The first-order chi connectivity index (χ1) is 4.20. The van der Waals surface area contributed by atoms with E-state index >= 15 is 0 Å². The van der Waals surface area contributed by atoms with Gasteiger partial charge < -0.3 is 5.11 Å². The van der Waals surface area contributed by atoms with E-state index in [0.717, 1.165) is 0 Å². The maximum absolute atomic E-state index is 10.1. The number of carboxylic acid groups (broad SMARTS) is 1. The summed E-state index contributed by atoms with van der Waals surface area (Å²) in [7, 11) is 0. The van der Waals surface area contributed by atoms with Gasteiger partial charge in [-0.3, -0.25) is 0 Å². The number of carboxylic acids is 1. The molecule has 0 amide bonds. The van der Waals surface area contributed by atoms with Crippen LogP contribution in [0.4, 0.5) is 0 Å². The lowest BCUT2D eigenvalue weighted by Gasteiger charge is -1.83. The zero-order valence-corrected chi connectivity index (χ0v) is 4.90. The zero-order valence-electron chi connectivity index (χ0n) is 4.90. The Balaban J connectivity index is 2.75. The molecular formula is C5H6N2O2. The van der Waals surface area contributed by atoms with E-state index in [2.05, 4.69) is 10.2 Å². The van der Waals surface area contributed by atoms with E-state index < -0.39 is 5.97 Å². The number of carbonyl (C=O) groups is 1. The Morgan fingerprint density at radius 1 is 1.89 bits per heavy atom. The summed E-state index contributed by atoms with van der Waals surface area (Å²) in [6.45, 7) is 1.78. The molecule has 0 aromatic heterocycles. The van der Waals surface area contributed by atoms with E-state index in [4.69, 9.17) is 5.11 Å². The van der Waals surface area contributed by atoms with Crippen molar-refractivity contribution in [3.63, 3.8) is 0 Å². The maximum Gasteiger partial charge on any atom is 0.356 e. The molecule has 1 unspecified atom stereocenters. The fraction of sp³-hybridized carbons (Fsp3) is 0.400. The van der Waals surface area contributed by atoms with Crippen LogP contribution in [0, 0.1) is 0 Å². The predicted molar refractivity (Wildman–Crippen MR) is 30.0 cm³/mol. The van der Waals surface area contributed by atoms with Crippen LogP contribution in [0.25, 0.3) is 0 Å². The molecule has 1 aliphatic rings. The largest absolute Gasteiger partial charge is 0.476 e. The van der Waals surface area contributed by atoms with Crippen molar-refractivity contribution in [2.75, 3.05) is 0 Å². The molecule has 1 atom stereocenters. The molecule has 4 heteroatoms. The van der Waals surface area contributed by atoms with Gasteiger partial charge in [0.05, 0.1) is 6.04 Å². The summed E-state index contributed by atoms with van der Waals surface area (Å²) < 4.78 is 0. The van der Waals surface area contributed by atoms with Gasteiger partial charge in [-0.05, 0) is 13.0 Å². The lowest BCUT2D eigenvalue weighted by atomic mass is 10.3. The highest BCUT2D eigenvalue weighted by Crippen LogP contribution is 2.10. The molecule has 4 nitrogen and oxygen atoms in total.